The van der Waals surface area contributed by atoms with E-state index in [1.807, 2.05) is 18.5 Å². The second-order valence-corrected chi connectivity index (χ2v) is 7.09. The van der Waals surface area contributed by atoms with Crippen molar-refractivity contribution in [3.63, 3.8) is 0 Å². The lowest BCUT2D eigenvalue weighted by atomic mass is 9.92. The van der Waals surface area contributed by atoms with Crippen molar-refractivity contribution in [2.24, 2.45) is 5.73 Å². The average molecular weight is 307 g/mol. The lowest BCUT2D eigenvalue weighted by molar-refractivity contribution is 0.339. The fourth-order valence-electron chi connectivity index (χ4n) is 3.79. The normalized spacial score (nSPS) is 30.1. The van der Waals surface area contributed by atoms with Gasteiger partial charge in [0.2, 0.25) is 0 Å². The Morgan fingerprint density at radius 1 is 0.957 bits per heavy atom. The molecule has 3 nitrogen and oxygen atoms in total. The van der Waals surface area contributed by atoms with Gasteiger partial charge < -0.3 is 11.1 Å². The molecule has 2 aliphatic rings. The third-order valence-electron chi connectivity index (χ3n) is 5.35. The molecule has 3 N–H and O–H groups in total. The van der Waals surface area contributed by atoms with Gasteiger partial charge in [-0.3, -0.25) is 4.98 Å². The largest absolute Gasteiger partial charge is 0.328 e. The molecule has 2 aliphatic carbocycles. The Hall–Kier alpha value is -1.71. The van der Waals surface area contributed by atoms with Crippen LogP contribution in [0.4, 0.5) is 0 Å². The van der Waals surface area contributed by atoms with Gasteiger partial charge in [-0.2, -0.15) is 0 Å². The molecule has 0 radical (unpaired) electrons. The van der Waals surface area contributed by atoms with Crippen LogP contribution in [-0.4, -0.2) is 23.1 Å². The second-order valence-electron chi connectivity index (χ2n) is 7.09. The average Bonchev–Trinajstić information content (AvgIpc) is 3.37. The zero-order chi connectivity index (χ0) is 15.6. The van der Waals surface area contributed by atoms with E-state index in [4.69, 9.17) is 5.73 Å². The minimum absolute atomic E-state index is 0.433. The Kier molecular flexibility index (Phi) is 4.15. The smallest absolute Gasteiger partial charge is 0.0346 e. The molecule has 4 rings (SSSR count). The number of nitrogens with zero attached hydrogens (tertiary/aromatic N) is 1. The van der Waals surface area contributed by atoms with Crippen LogP contribution in [-0.2, 0) is 0 Å². The Bertz CT molecular complexity index is 630. The van der Waals surface area contributed by atoms with Crippen LogP contribution in [0.3, 0.4) is 0 Å². The highest BCUT2D eigenvalue weighted by Gasteiger charge is 2.39. The molecule has 0 saturated heterocycles. The summed E-state index contributed by atoms with van der Waals surface area (Å²) in [4.78, 5) is 4.19. The molecule has 2 atom stereocenters. The number of hydrogen-bond donors (Lipinski definition) is 2. The SMILES string of the molecule is NC1CCC(N[C@@H]2C[C@H]2c2ccc(-c3cccnc3)cc2)CC1. The van der Waals surface area contributed by atoms with E-state index in [1.165, 1.54) is 48.8 Å². The van der Waals surface area contributed by atoms with Crippen LogP contribution < -0.4 is 11.1 Å². The minimum Gasteiger partial charge on any atom is -0.328 e. The summed E-state index contributed by atoms with van der Waals surface area (Å²) in [6.45, 7) is 0. The number of benzene rings is 1. The second kappa shape index (κ2) is 6.42. The first-order chi connectivity index (χ1) is 11.3. The highest BCUT2D eigenvalue weighted by molar-refractivity contribution is 5.62. The number of rotatable bonds is 4. The summed E-state index contributed by atoms with van der Waals surface area (Å²) >= 11 is 0. The standard InChI is InChI=1S/C20H25N3/c21-17-7-9-18(10-8-17)23-20-12-19(20)15-5-3-14(4-6-15)16-2-1-11-22-13-16/h1-6,11,13,17-20,23H,7-10,12,21H2/t17?,18?,19-,20+/m0/s1. The lowest BCUT2D eigenvalue weighted by Gasteiger charge is -2.27. The fourth-order valence-corrected chi connectivity index (χ4v) is 3.79. The Morgan fingerprint density at radius 3 is 2.43 bits per heavy atom. The molecule has 0 amide bonds. The topological polar surface area (TPSA) is 50.9 Å². The van der Waals surface area contributed by atoms with Gasteiger partial charge in [-0.25, -0.2) is 0 Å². The Balaban J connectivity index is 1.35. The molecule has 1 aromatic heterocycles. The molecule has 2 aromatic rings. The molecule has 1 heterocycles. The highest BCUT2D eigenvalue weighted by Crippen LogP contribution is 2.42. The maximum Gasteiger partial charge on any atom is 0.0346 e. The number of aromatic nitrogens is 1. The van der Waals surface area contributed by atoms with Crippen molar-refractivity contribution in [3.05, 3.63) is 54.4 Å². The molecular formula is C20H25N3. The molecule has 0 aliphatic heterocycles. The van der Waals surface area contributed by atoms with E-state index in [2.05, 4.69) is 40.6 Å². The number of hydrogen-bond acceptors (Lipinski definition) is 3. The summed E-state index contributed by atoms with van der Waals surface area (Å²) in [5, 5.41) is 3.84. The first kappa shape index (κ1) is 14.9. The third kappa shape index (κ3) is 3.46. The third-order valence-corrected chi connectivity index (χ3v) is 5.35. The molecule has 120 valence electrons. The highest BCUT2D eigenvalue weighted by atomic mass is 15.0. The predicted molar refractivity (Wildman–Crippen MR) is 94.2 cm³/mol. The van der Waals surface area contributed by atoms with Crippen LogP contribution in [0.15, 0.2) is 48.8 Å². The summed E-state index contributed by atoms with van der Waals surface area (Å²) < 4.78 is 0. The first-order valence-electron chi connectivity index (χ1n) is 8.81. The van der Waals surface area contributed by atoms with Gasteiger partial charge in [0.05, 0.1) is 0 Å². The monoisotopic (exact) mass is 307 g/mol. The number of nitrogens with two attached hydrogens (primary N) is 1. The molecular weight excluding hydrogens is 282 g/mol. The Labute approximate surface area is 138 Å². The molecule has 2 saturated carbocycles. The number of pyridine rings is 1. The van der Waals surface area contributed by atoms with Crippen LogP contribution in [0.2, 0.25) is 0 Å². The summed E-state index contributed by atoms with van der Waals surface area (Å²) in [5.74, 6) is 0.688. The minimum atomic E-state index is 0.433. The first-order valence-corrected chi connectivity index (χ1v) is 8.81. The van der Waals surface area contributed by atoms with Crippen molar-refractivity contribution in [2.45, 2.75) is 56.1 Å². The molecule has 0 bridgehead atoms. The van der Waals surface area contributed by atoms with Crippen molar-refractivity contribution in [1.29, 1.82) is 0 Å². The van der Waals surface area contributed by atoms with Crippen LogP contribution >= 0.6 is 0 Å². The van der Waals surface area contributed by atoms with Crippen LogP contribution in [0.25, 0.3) is 11.1 Å². The molecule has 0 spiro atoms. The van der Waals surface area contributed by atoms with Crippen molar-refractivity contribution in [1.82, 2.24) is 10.3 Å². The van der Waals surface area contributed by atoms with E-state index in [1.54, 1.807) is 0 Å². The van der Waals surface area contributed by atoms with E-state index in [9.17, 15) is 0 Å². The van der Waals surface area contributed by atoms with Crippen molar-refractivity contribution < 1.29 is 0 Å². The van der Waals surface area contributed by atoms with Gasteiger partial charge in [0.15, 0.2) is 0 Å². The van der Waals surface area contributed by atoms with Crippen molar-refractivity contribution >= 4 is 0 Å². The Morgan fingerprint density at radius 2 is 1.74 bits per heavy atom. The van der Waals surface area contributed by atoms with Gasteiger partial charge >= 0.3 is 0 Å². The van der Waals surface area contributed by atoms with Crippen molar-refractivity contribution in [2.75, 3.05) is 0 Å². The zero-order valence-corrected chi connectivity index (χ0v) is 13.5. The quantitative estimate of drug-likeness (QED) is 0.909. The van der Waals surface area contributed by atoms with E-state index >= 15 is 0 Å². The molecule has 2 fully saturated rings. The molecule has 3 heteroatoms. The predicted octanol–water partition coefficient (Wildman–Crippen LogP) is 3.46. The van der Waals surface area contributed by atoms with Crippen LogP contribution in [0, 0.1) is 0 Å². The van der Waals surface area contributed by atoms with Crippen molar-refractivity contribution in [3.8, 4) is 11.1 Å². The molecule has 23 heavy (non-hydrogen) atoms. The summed E-state index contributed by atoms with van der Waals surface area (Å²) in [7, 11) is 0. The number of nitrogens with one attached hydrogen (secondary N) is 1. The van der Waals surface area contributed by atoms with Gasteiger partial charge in [-0.1, -0.05) is 30.3 Å². The maximum absolute atomic E-state index is 5.99. The summed E-state index contributed by atoms with van der Waals surface area (Å²) in [5.41, 5.74) is 9.88. The zero-order valence-electron chi connectivity index (χ0n) is 13.5. The van der Waals surface area contributed by atoms with Crippen LogP contribution in [0.1, 0.15) is 43.6 Å². The van der Waals surface area contributed by atoms with Crippen LogP contribution in [0.5, 0.6) is 0 Å². The molecule has 0 unspecified atom stereocenters. The van der Waals surface area contributed by atoms with Gasteiger partial charge in [0.25, 0.3) is 0 Å². The summed E-state index contributed by atoms with van der Waals surface area (Å²) in [6.07, 6.45) is 9.84. The van der Waals surface area contributed by atoms with Gasteiger partial charge in [0, 0.05) is 36.4 Å². The van der Waals surface area contributed by atoms with Gasteiger partial charge in [-0.05, 0) is 54.9 Å². The maximum atomic E-state index is 5.99. The van der Waals surface area contributed by atoms with E-state index in [0.29, 0.717) is 24.0 Å². The summed E-state index contributed by atoms with van der Waals surface area (Å²) in [6, 6.07) is 14.9. The molecule has 1 aromatic carbocycles. The van der Waals surface area contributed by atoms with E-state index in [-0.39, 0.29) is 0 Å². The van der Waals surface area contributed by atoms with Gasteiger partial charge in [0.1, 0.15) is 0 Å². The van der Waals surface area contributed by atoms with E-state index in [0.717, 1.165) is 0 Å². The van der Waals surface area contributed by atoms with Gasteiger partial charge in [-0.15, -0.1) is 0 Å². The fraction of sp³-hybridized carbons (Fsp3) is 0.450. The lowest BCUT2D eigenvalue weighted by Crippen LogP contribution is -2.38. The van der Waals surface area contributed by atoms with E-state index < -0.39 is 0 Å².